The molecular weight excluding hydrogens is 560 g/mol. The number of aliphatic hydroxyl groups is 1. The maximum atomic E-state index is 10.8. The van der Waals surface area contributed by atoms with Crippen molar-refractivity contribution < 1.29 is 33.6 Å². The fourth-order valence-electron chi connectivity index (χ4n) is 6.86. The van der Waals surface area contributed by atoms with E-state index in [1.54, 1.807) is 0 Å². The lowest BCUT2D eigenvalue weighted by Crippen LogP contribution is -2.50. The second-order valence-electron chi connectivity index (χ2n) is 13.8. The Hall–Kier alpha value is -1.73. The molecule has 0 radical (unpaired) electrons. The molecule has 0 saturated carbocycles. The molecule has 0 aromatic rings. The molecule has 2 rings (SSSR count). The molecule has 0 aromatic carbocycles. The van der Waals surface area contributed by atoms with Gasteiger partial charge in [-0.25, -0.2) is 4.79 Å². The minimum atomic E-state index is -2.16. The Balaban J connectivity index is 2.07. The van der Waals surface area contributed by atoms with Crippen LogP contribution in [0.4, 0.5) is 0 Å². The van der Waals surface area contributed by atoms with E-state index >= 15 is 0 Å². The first kappa shape index (κ1) is 37.5. The summed E-state index contributed by atoms with van der Waals surface area (Å²) < 4.78 is 24.9. The highest BCUT2D eigenvalue weighted by atomic mass is 28.4. The molecule has 0 amide bonds. The Morgan fingerprint density at radius 3 is 2.35 bits per heavy atom. The van der Waals surface area contributed by atoms with Crippen molar-refractivity contribution >= 4 is 14.3 Å². The molecule has 7 nitrogen and oxygen atoms in total. The molecular formula is C35H58O7Si. The van der Waals surface area contributed by atoms with Crippen LogP contribution < -0.4 is 0 Å². The molecule has 6 atom stereocenters. The van der Waals surface area contributed by atoms with Crippen LogP contribution in [0.5, 0.6) is 0 Å². The van der Waals surface area contributed by atoms with E-state index in [2.05, 4.69) is 79.0 Å². The van der Waals surface area contributed by atoms with Gasteiger partial charge in [0.1, 0.15) is 6.10 Å². The van der Waals surface area contributed by atoms with Crippen LogP contribution in [0, 0.1) is 17.8 Å². The maximum Gasteiger partial charge on any atom is 0.381 e. The summed E-state index contributed by atoms with van der Waals surface area (Å²) in [6.07, 6.45) is 11.2. The SMILES string of the molecule is C=C(CC(C)CC1CC=CC(CC#CC(=O)O)O1)CC(C=CCC(O)C1COC(C)(C)O1)O[Si](C(C)C)(C(C)C)C(C)C. The van der Waals surface area contributed by atoms with Crippen molar-refractivity contribution in [3.63, 3.8) is 0 Å². The second kappa shape index (κ2) is 17.1. The highest BCUT2D eigenvalue weighted by Gasteiger charge is 2.46. The third-order valence-electron chi connectivity index (χ3n) is 8.66. The zero-order valence-electron chi connectivity index (χ0n) is 28.1. The van der Waals surface area contributed by atoms with Crippen molar-refractivity contribution in [2.45, 2.75) is 154 Å². The lowest BCUT2D eigenvalue weighted by molar-refractivity contribution is -0.150. The van der Waals surface area contributed by atoms with E-state index in [9.17, 15) is 9.90 Å². The van der Waals surface area contributed by atoms with E-state index in [4.69, 9.17) is 23.7 Å². The summed E-state index contributed by atoms with van der Waals surface area (Å²) in [5, 5.41) is 19.5. The van der Waals surface area contributed by atoms with Crippen LogP contribution in [0.1, 0.15) is 101 Å². The van der Waals surface area contributed by atoms with Crippen LogP contribution in [-0.4, -0.2) is 67.4 Å². The van der Waals surface area contributed by atoms with Gasteiger partial charge in [0.2, 0.25) is 8.32 Å². The fraction of sp³-hybridized carbons (Fsp3) is 0.743. The number of hydrogen-bond donors (Lipinski definition) is 2. The van der Waals surface area contributed by atoms with Gasteiger partial charge in [-0.1, -0.05) is 90.8 Å². The van der Waals surface area contributed by atoms with Crippen LogP contribution in [0.15, 0.2) is 36.5 Å². The maximum absolute atomic E-state index is 10.8. The van der Waals surface area contributed by atoms with E-state index < -0.39 is 26.2 Å². The van der Waals surface area contributed by atoms with Crippen molar-refractivity contribution in [3.05, 3.63) is 36.5 Å². The van der Waals surface area contributed by atoms with Gasteiger partial charge in [0.05, 0.1) is 31.0 Å². The number of carbonyl (C=O) groups is 1. The summed E-state index contributed by atoms with van der Waals surface area (Å²) in [7, 11) is -2.16. The number of ether oxygens (including phenoxy) is 3. The first-order valence-electron chi connectivity index (χ1n) is 16.1. The topological polar surface area (TPSA) is 94.5 Å². The van der Waals surface area contributed by atoms with Gasteiger partial charge in [-0.15, -0.1) is 0 Å². The lowest BCUT2D eigenvalue weighted by atomic mass is 9.91. The third kappa shape index (κ3) is 11.9. The molecule has 0 aliphatic carbocycles. The predicted octanol–water partition coefficient (Wildman–Crippen LogP) is 7.56. The van der Waals surface area contributed by atoms with E-state index in [1.807, 2.05) is 26.0 Å². The average Bonchev–Trinajstić information content (AvgIpc) is 3.25. The molecule has 2 heterocycles. The standard InChI is InChI=1S/C35H58O7Si/c1-24(2)43(25(3)4,26(5)6)42-31(17-12-18-32(36)33-23-39-35(9,10)41-33)22-28(8)20-27(7)21-30-16-11-14-29(40-30)15-13-19-34(37)38/h11-12,14,17,24-27,29-33,36H,8,15-16,18,20-23H2,1-7,9-10H3,(H,37,38). The van der Waals surface area contributed by atoms with Crippen LogP contribution in [0.3, 0.4) is 0 Å². The molecule has 43 heavy (non-hydrogen) atoms. The normalized spacial score (nSPS) is 24.3. The minimum Gasteiger partial charge on any atom is -0.472 e. The third-order valence-corrected chi connectivity index (χ3v) is 14.8. The number of aliphatic hydroxyl groups excluding tert-OH is 1. The number of carboxylic acid groups (broad SMARTS) is 1. The van der Waals surface area contributed by atoms with Crippen LogP contribution in [0.2, 0.25) is 16.6 Å². The summed E-state index contributed by atoms with van der Waals surface area (Å²) in [5.41, 5.74) is 2.51. The Morgan fingerprint density at radius 1 is 1.14 bits per heavy atom. The van der Waals surface area contributed by atoms with E-state index in [0.717, 1.165) is 31.3 Å². The summed E-state index contributed by atoms with van der Waals surface area (Å²) in [5.74, 6) is 3.43. The lowest BCUT2D eigenvalue weighted by Gasteiger charge is -2.44. The van der Waals surface area contributed by atoms with Crippen LogP contribution in [0.25, 0.3) is 0 Å². The van der Waals surface area contributed by atoms with Gasteiger partial charge in [-0.2, -0.15) is 0 Å². The largest absolute Gasteiger partial charge is 0.472 e. The van der Waals surface area contributed by atoms with Gasteiger partial charge in [0.25, 0.3) is 0 Å². The smallest absolute Gasteiger partial charge is 0.381 e. The average molecular weight is 619 g/mol. The second-order valence-corrected chi connectivity index (χ2v) is 19.2. The molecule has 0 bridgehead atoms. The summed E-state index contributed by atoms with van der Waals surface area (Å²) in [4.78, 5) is 10.7. The summed E-state index contributed by atoms with van der Waals surface area (Å²) in [6.45, 7) is 24.6. The molecule has 0 aromatic heterocycles. The number of rotatable bonds is 16. The first-order valence-corrected chi connectivity index (χ1v) is 18.2. The summed E-state index contributed by atoms with van der Waals surface area (Å²) >= 11 is 0. The monoisotopic (exact) mass is 618 g/mol. The molecule has 2 aliphatic rings. The van der Waals surface area contributed by atoms with Crippen molar-refractivity contribution in [2.75, 3.05) is 6.61 Å². The highest BCUT2D eigenvalue weighted by molar-refractivity contribution is 6.77. The number of hydrogen-bond acceptors (Lipinski definition) is 6. The van der Waals surface area contributed by atoms with Gasteiger partial charge >= 0.3 is 5.97 Å². The Morgan fingerprint density at radius 2 is 1.79 bits per heavy atom. The van der Waals surface area contributed by atoms with Gasteiger partial charge in [-0.3, -0.25) is 0 Å². The highest BCUT2D eigenvalue weighted by Crippen LogP contribution is 2.44. The van der Waals surface area contributed by atoms with Crippen LogP contribution >= 0.6 is 0 Å². The van der Waals surface area contributed by atoms with Crippen LogP contribution in [-0.2, 0) is 23.4 Å². The van der Waals surface area contributed by atoms with E-state index in [-0.39, 0.29) is 24.4 Å². The number of aliphatic carboxylic acids is 1. The Labute approximate surface area is 262 Å². The van der Waals surface area contributed by atoms with Gasteiger partial charge in [-0.05, 0) is 68.5 Å². The van der Waals surface area contributed by atoms with Crippen molar-refractivity contribution in [1.82, 2.24) is 0 Å². The predicted molar refractivity (Wildman–Crippen MR) is 175 cm³/mol. The zero-order valence-corrected chi connectivity index (χ0v) is 29.1. The van der Waals surface area contributed by atoms with E-state index in [0.29, 0.717) is 42.0 Å². The van der Waals surface area contributed by atoms with Crippen molar-refractivity contribution in [2.24, 2.45) is 5.92 Å². The molecule has 1 saturated heterocycles. The van der Waals surface area contributed by atoms with Crippen molar-refractivity contribution in [1.29, 1.82) is 0 Å². The van der Waals surface area contributed by atoms with Gasteiger partial charge < -0.3 is 28.8 Å². The Bertz CT molecular complexity index is 997. The summed E-state index contributed by atoms with van der Waals surface area (Å²) in [6, 6.07) is 0. The molecule has 1 fully saturated rings. The molecule has 8 heteroatoms. The molecule has 0 spiro atoms. The van der Waals surface area contributed by atoms with Crippen molar-refractivity contribution in [3.8, 4) is 11.8 Å². The molecule has 2 N–H and O–H groups in total. The fourth-order valence-corrected chi connectivity index (χ4v) is 12.4. The minimum absolute atomic E-state index is 0.0764. The molecule has 6 unspecified atom stereocenters. The zero-order chi connectivity index (χ0) is 32.4. The number of carboxylic acids is 1. The first-order chi connectivity index (χ1) is 20.1. The molecule has 2 aliphatic heterocycles. The van der Waals surface area contributed by atoms with Gasteiger partial charge in [0, 0.05) is 12.3 Å². The van der Waals surface area contributed by atoms with E-state index in [1.165, 1.54) is 0 Å². The quantitative estimate of drug-likeness (QED) is 0.105. The van der Waals surface area contributed by atoms with Gasteiger partial charge in [0.15, 0.2) is 5.79 Å². The Kier molecular flexibility index (Phi) is 14.9. The molecule has 244 valence electrons.